The number of amides is 1. The number of piperidine rings is 1. The van der Waals surface area contributed by atoms with E-state index in [1.54, 1.807) is 0 Å². The fourth-order valence-corrected chi connectivity index (χ4v) is 2.75. The molecule has 0 saturated carbocycles. The van der Waals surface area contributed by atoms with Crippen molar-refractivity contribution in [3.8, 4) is 0 Å². The molecule has 1 fully saturated rings. The van der Waals surface area contributed by atoms with Gasteiger partial charge < -0.3 is 15.2 Å². The van der Waals surface area contributed by atoms with Crippen LogP contribution in [0.4, 0.5) is 0 Å². The fourth-order valence-electron chi connectivity index (χ4n) is 2.75. The number of nitrogens with zero attached hydrogens (tertiary/aromatic N) is 2. The van der Waals surface area contributed by atoms with Crippen LogP contribution in [0.2, 0.25) is 0 Å². The van der Waals surface area contributed by atoms with E-state index in [-0.39, 0.29) is 11.3 Å². The maximum absolute atomic E-state index is 12.4. The molecule has 0 aromatic carbocycles. The van der Waals surface area contributed by atoms with Crippen molar-refractivity contribution in [1.82, 2.24) is 20.8 Å². The van der Waals surface area contributed by atoms with Gasteiger partial charge in [0.1, 0.15) is 0 Å². The molecule has 1 amide bonds. The standard InChI is InChI=1S/C13H22N4O2/c1-2-5-13(6-3-7-14-9-13)12(18)15-8-4-11-16-10-19-17-11/h10,14H,2-9H2,1H3,(H,15,18). The Hall–Kier alpha value is -1.43. The molecule has 106 valence electrons. The monoisotopic (exact) mass is 266 g/mol. The summed E-state index contributed by atoms with van der Waals surface area (Å²) in [4.78, 5) is 16.4. The van der Waals surface area contributed by atoms with Gasteiger partial charge in [-0.3, -0.25) is 4.79 Å². The molecule has 1 aromatic rings. The highest BCUT2D eigenvalue weighted by Gasteiger charge is 2.38. The lowest BCUT2D eigenvalue weighted by atomic mass is 9.76. The molecular formula is C13H22N4O2. The molecule has 2 N–H and O–H groups in total. The van der Waals surface area contributed by atoms with Crippen LogP contribution in [0.25, 0.3) is 0 Å². The molecule has 1 aliphatic rings. The van der Waals surface area contributed by atoms with Gasteiger partial charge in [-0.25, -0.2) is 0 Å². The summed E-state index contributed by atoms with van der Waals surface area (Å²) in [5.41, 5.74) is -0.232. The summed E-state index contributed by atoms with van der Waals surface area (Å²) in [5, 5.41) is 10.1. The number of carbonyl (C=O) groups excluding carboxylic acids is 1. The van der Waals surface area contributed by atoms with Crippen LogP contribution in [-0.4, -0.2) is 35.7 Å². The molecule has 2 heterocycles. The van der Waals surface area contributed by atoms with Crippen molar-refractivity contribution >= 4 is 5.91 Å². The summed E-state index contributed by atoms with van der Waals surface area (Å²) in [5.74, 6) is 0.789. The van der Waals surface area contributed by atoms with Gasteiger partial charge in [0.25, 0.3) is 0 Å². The third-order valence-corrected chi connectivity index (χ3v) is 3.72. The normalized spacial score (nSPS) is 23.2. The SMILES string of the molecule is CCCC1(C(=O)NCCc2ncon2)CCCNC1. The third kappa shape index (κ3) is 3.53. The Morgan fingerprint density at radius 3 is 3.16 bits per heavy atom. The van der Waals surface area contributed by atoms with Crippen molar-refractivity contribution in [1.29, 1.82) is 0 Å². The molecule has 6 nitrogen and oxygen atoms in total. The number of hydrogen-bond acceptors (Lipinski definition) is 5. The summed E-state index contributed by atoms with van der Waals surface area (Å²) >= 11 is 0. The van der Waals surface area contributed by atoms with Gasteiger partial charge in [-0.05, 0) is 25.8 Å². The first-order valence-corrected chi connectivity index (χ1v) is 7.01. The molecule has 0 aliphatic carbocycles. The third-order valence-electron chi connectivity index (χ3n) is 3.72. The van der Waals surface area contributed by atoms with Gasteiger partial charge in [0, 0.05) is 19.5 Å². The van der Waals surface area contributed by atoms with E-state index in [1.807, 2.05) is 0 Å². The lowest BCUT2D eigenvalue weighted by Gasteiger charge is -2.36. The number of hydrogen-bond donors (Lipinski definition) is 2. The Morgan fingerprint density at radius 1 is 1.63 bits per heavy atom. The maximum Gasteiger partial charge on any atom is 0.227 e. The molecule has 0 spiro atoms. The predicted octanol–water partition coefficient (Wildman–Crippen LogP) is 0.898. The van der Waals surface area contributed by atoms with Crippen molar-refractivity contribution in [3.05, 3.63) is 12.2 Å². The summed E-state index contributed by atoms with van der Waals surface area (Å²) in [7, 11) is 0. The number of nitrogens with one attached hydrogen (secondary N) is 2. The van der Waals surface area contributed by atoms with Gasteiger partial charge in [0.05, 0.1) is 5.41 Å². The van der Waals surface area contributed by atoms with Crippen LogP contribution in [0.5, 0.6) is 0 Å². The van der Waals surface area contributed by atoms with E-state index in [2.05, 4.69) is 32.2 Å². The van der Waals surface area contributed by atoms with Gasteiger partial charge >= 0.3 is 0 Å². The molecule has 6 heteroatoms. The van der Waals surface area contributed by atoms with E-state index < -0.39 is 0 Å². The Balaban J connectivity index is 1.85. The second-order valence-corrected chi connectivity index (χ2v) is 5.16. The first kappa shape index (κ1) is 14.0. The predicted molar refractivity (Wildman–Crippen MR) is 70.5 cm³/mol. The lowest BCUT2D eigenvalue weighted by molar-refractivity contribution is -0.132. The van der Waals surface area contributed by atoms with Crippen LogP contribution in [0.1, 0.15) is 38.4 Å². The van der Waals surface area contributed by atoms with Gasteiger partial charge in [0.2, 0.25) is 12.3 Å². The zero-order valence-electron chi connectivity index (χ0n) is 11.4. The highest BCUT2D eigenvalue weighted by Crippen LogP contribution is 2.31. The van der Waals surface area contributed by atoms with Gasteiger partial charge in [-0.15, -0.1) is 0 Å². The zero-order valence-corrected chi connectivity index (χ0v) is 11.4. The first-order valence-electron chi connectivity index (χ1n) is 7.01. The number of carbonyl (C=O) groups is 1. The quantitative estimate of drug-likeness (QED) is 0.799. The van der Waals surface area contributed by atoms with Gasteiger partial charge in [0.15, 0.2) is 5.82 Å². The Morgan fingerprint density at radius 2 is 2.53 bits per heavy atom. The summed E-state index contributed by atoms with van der Waals surface area (Å²) in [6.07, 6.45) is 5.92. The fraction of sp³-hybridized carbons (Fsp3) is 0.769. The highest BCUT2D eigenvalue weighted by atomic mass is 16.5. The van der Waals surface area contributed by atoms with Crippen LogP contribution < -0.4 is 10.6 Å². The molecule has 1 atom stereocenters. The average molecular weight is 266 g/mol. The molecule has 1 aliphatic heterocycles. The van der Waals surface area contributed by atoms with Crippen molar-refractivity contribution < 1.29 is 9.32 Å². The largest absolute Gasteiger partial charge is 0.355 e. The Bertz CT molecular complexity index is 380. The van der Waals surface area contributed by atoms with Crippen molar-refractivity contribution in [2.24, 2.45) is 5.41 Å². The molecular weight excluding hydrogens is 244 g/mol. The topological polar surface area (TPSA) is 80.1 Å². The maximum atomic E-state index is 12.4. The molecule has 19 heavy (non-hydrogen) atoms. The minimum absolute atomic E-state index is 0.157. The van der Waals surface area contributed by atoms with Gasteiger partial charge in [-0.1, -0.05) is 18.5 Å². The minimum atomic E-state index is -0.232. The second-order valence-electron chi connectivity index (χ2n) is 5.16. The van der Waals surface area contributed by atoms with E-state index in [1.165, 1.54) is 6.39 Å². The van der Waals surface area contributed by atoms with E-state index >= 15 is 0 Å². The second kappa shape index (κ2) is 6.65. The zero-order chi connectivity index (χ0) is 13.6. The lowest BCUT2D eigenvalue weighted by Crippen LogP contribution is -2.50. The highest BCUT2D eigenvalue weighted by molar-refractivity contribution is 5.83. The van der Waals surface area contributed by atoms with Crippen LogP contribution >= 0.6 is 0 Å². The van der Waals surface area contributed by atoms with E-state index in [4.69, 9.17) is 0 Å². The van der Waals surface area contributed by atoms with E-state index in [0.717, 1.165) is 38.8 Å². The van der Waals surface area contributed by atoms with Gasteiger partial charge in [-0.2, -0.15) is 4.98 Å². The smallest absolute Gasteiger partial charge is 0.227 e. The molecule has 2 rings (SSSR count). The molecule has 1 aromatic heterocycles. The van der Waals surface area contributed by atoms with Crippen LogP contribution in [0, 0.1) is 5.41 Å². The van der Waals surface area contributed by atoms with Crippen molar-refractivity contribution in [3.63, 3.8) is 0 Å². The molecule has 0 radical (unpaired) electrons. The van der Waals surface area contributed by atoms with Crippen LogP contribution in [0.15, 0.2) is 10.9 Å². The first-order chi connectivity index (χ1) is 9.27. The summed E-state index contributed by atoms with van der Waals surface area (Å²) in [6.45, 7) is 4.49. The average Bonchev–Trinajstić information content (AvgIpc) is 2.93. The van der Waals surface area contributed by atoms with E-state index in [9.17, 15) is 4.79 Å². The van der Waals surface area contributed by atoms with Crippen LogP contribution in [0.3, 0.4) is 0 Å². The molecule has 0 bridgehead atoms. The minimum Gasteiger partial charge on any atom is -0.355 e. The number of rotatable bonds is 6. The van der Waals surface area contributed by atoms with Crippen molar-refractivity contribution in [2.45, 2.75) is 39.0 Å². The Labute approximate surface area is 113 Å². The molecule has 1 saturated heterocycles. The summed E-state index contributed by atoms with van der Waals surface area (Å²) in [6, 6.07) is 0. The summed E-state index contributed by atoms with van der Waals surface area (Å²) < 4.78 is 4.66. The van der Waals surface area contributed by atoms with E-state index in [0.29, 0.717) is 18.8 Å². The number of aromatic nitrogens is 2. The Kier molecular flexibility index (Phi) is 4.90. The molecule has 1 unspecified atom stereocenters. The van der Waals surface area contributed by atoms with Crippen molar-refractivity contribution in [2.75, 3.05) is 19.6 Å². The van der Waals surface area contributed by atoms with Crippen LogP contribution in [-0.2, 0) is 11.2 Å².